The first-order valence-corrected chi connectivity index (χ1v) is 7.09. The normalized spacial score (nSPS) is 10.3. The number of rotatable bonds is 4. The fourth-order valence-electron chi connectivity index (χ4n) is 1.79. The first-order valence-electron chi connectivity index (χ1n) is 6.10. The summed E-state index contributed by atoms with van der Waals surface area (Å²) in [4.78, 5) is 30.0. The maximum atomic E-state index is 11.9. The molecule has 1 amide bonds. The Hall–Kier alpha value is -2.08. The quantitative estimate of drug-likeness (QED) is 0.845. The van der Waals surface area contributed by atoms with Crippen LogP contribution >= 0.6 is 11.8 Å². The third kappa shape index (κ3) is 3.71. The molecule has 0 aliphatic rings. The van der Waals surface area contributed by atoms with Crippen LogP contribution in [0.1, 0.15) is 11.3 Å². The maximum Gasteiger partial charge on any atom is 0.248 e. The van der Waals surface area contributed by atoms with Crippen molar-refractivity contribution in [3.63, 3.8) is 0 Å². The lowest BCUT2D eigenvalue weighted by Gasteiger charge is -2.10. The van der Waals surface area contributed by atoms with Gasteiger partial charge in [0.15, 0.2) is 0 Å². The molecule has 0 saturated heterocycles. The lowest BCUT2D eigenvalue weighted by Crippen LogP contribution is -2.18. The van der Waals surface area contributed by atoms with Gasteiger partial charge >= 0.3 is 0 Å². The Morgan fingerprint density at radius 3 is 2.85 bits per heavy atom. The molecule has 6 heteroatoms. The number of nitrogens with zero attached hydrogens (tertiary/aromatic N) is 1. The highest BCUT2D eigenvalue weighted by Crippen LogP contribution is 2.18. The molecule has 2 N–H and O–H groups in total. The van der Waals surface area contributed by atoms with E-state index in [2.05, 4.69) is 15.3 Å². The van der Waals surface area contributed by atoms with E-state index in [-0.39, 0.29) is 17.2 Å². The summed E-state index contributed by atoms with van der Waals surface area (Å²) in [5, 5.41) is 3.62. The lowest BCUT2D eigenvalue weighted by molar-refractivity contribution is -0.113. The predicted molar refractivity (Wildman–Crippen MR) is 80.1 cm³/mol. The van der Waals surface area contributed by atoms with Crippen molar-refractivity contribution in [1.82, 2.24) is 9.97 Å². The highest BCUT2D eigenvalue weighted by Gasteiger charge is 2.09. The standard InChI is InChI=1S/C14H15N3O2S/c1-9-7-11(18)16-10(2)14(9)17-12(19)8-20-13-5-3-4-6-15-13/h3-7H,8H2,1-2H3,(H,16,18)(H,17,19). The van der Waals surface area contributed by atoms with Gasteiger partial charge in [-0.1, -0.05) is 17.8 Å². The number of hydrogen-bond donors (Lipinski definition) is 2. The molecular weight excluding hydrogens is 274 g/mol. The number of thioether (sulfide) groups is 1. The molecule has 20 heavy (non-hydrogen) atoms. The van der Waals surface area contributed by atoms with Crippen LogP contribution in [0.15, 0.2) is 40.3 Å². The van der Waals surface area contributed by atoms with E-state index >= 15 is 0 Å². The summed E-state index contributed by atoms with van der Waals surface area (Å²) < 4.78 is 0. The average Bonchev–Trinajstić information content (AvgIpc) is 2.42. The van der Waals surface area contributed by atoms with Gasteiger partial charge in [-0.05, 0) is 31.5 Å². The lowest BCUT2D eigenvalue weighted by atomic mass is 10.2. The number of nitrogens with one attached hydrogen (secondary N) is 2. The summed E-state index contributed by atoms with van der Waals surface area (Å²) in [5.41, 5.74) is 1.91. The number of aromatic nitrogens is 2. The topological polar surface area (TPSA) is 74.8 Å². The summed E-state index contributed by atoms with van der Waals surface area (Å²) in [6.07, 6.45) is 1.69. The number of pyridine rings is 2. The molecule has 0 bridgehead atoms. The number of anilines is 1. The molecule has 0 radical (unpaired) electrons. The van der Waals surface area contributed by atoms with Crippen molar-refractivity contribution in [2.75, 3.05) is 11.1 Å². The second-order valence-electron chi connectivity index (χ2n) is 4.32. The van der Waals surface area contributed by atoms with Crippen molar-refractivity contribution < 1.29 is 4.79 Å². The van der Waals surface area contributed by atoms with Gasteiger partial charge in [0.05, 0.1) is 16.5 Å². The number of aryl methyl sites for hydroxylation is 2. The Morgan fingerprint density at radius 1 is 1.40 bits per heavy atom. The van der Waals surface area contributed by atoms with Gasteiger partial charge in [-0.3, -0.25) is 9.59 Å². The summed E-state index contributed by atoms with van der Waals surface area (Å²) in [5.74, 6) is 0.147. The van der Waals surface area contributed by atoms with Gasteiger partial charge in [0.1, 0.15) is 0 Å². The van der Waals surface area contributed by atoms with E-state index in [1.165, 1.54) is 17.8 Å². The first-order chi connectivity index (χ1) is 9.56. The number of hydrogen-bond acceptors (Lipinski definition) is 4. The molecule has 0 fully saturated rings. The molecule has 0 aliphatic heterocycles. The van der Waals surface area contributed by atoms with E-state index in [0.29, 0.717) is 11.4 Å². The Kier molecular flexibility index (Phi) is 4.57. The van der Waals surface area contributed by atoms with Crippen LogP contribution in [0.4, 0.5) is 5.69 Å². The fraction of sp³-hybridized carbons (Fsp3) is 0.214. The molecule has 0 aromatic carbocycles. The highest BCUT2D eigenvalue weighted by atomic mass is 32.2. The van der Waals surface area contributed by atoms with Gasteiger partial charge in [0.2, 0.25) is 11.5 Å². The molecular formula is C14H15N3O2S. The molecule has 2 aromatic heterocycles. The number of carbonyl (C=O) groups is 1. The fourth-order valence-corrected chi connectivity index (χ4v) is 2.45. The maximum absolute atomic E-state index is 11.9. The molecule has 0 atom stereocenters. The highest BCUT2D eigenvalue weighted by molar-refractivity contribution is 7.99. The zero-order chi connectivity index (χ0) is 14.5. The third-order valence-corrected chi connectivity index (χ3v) is 3.62. The van der Waals surface area contributed by atoms with Crippen LogP contribution < -0.4 is 10.9 Å². The van der Waals surface area contributed by atoms with Crippen LogP contribution in [0.25, 0.3) is 0 Å². The summed E-state index contributed by atoms with van der Waals surface area (Å²) >= 11 is 1.37. The second-order valence-corrected chi connectivity index (χ2v) is 5.32. The minimum absolute atomic E-state index is 0.126. The first kappa shape index (κ1) is 14.3. The SMILES string of the molecule is Cc1cc(=O)[nH]c(C)c1NC(=O)CSc1ccccn1. The van der Waals surface area contributed by atoms with Crippen LogP contribution in [-0.2, 0) is 4.79 Å². The van der Waals surface area contributed by atoms with Crippen LogP contribution in [-0.4, -0.2) is 21.6 Å². The largest absolute Gasteiger partial charge is 0.324 e. The summed E-state index contributed by atoms with van der Waals surface area (Å²) in [7, 11) is 0. The minimum Gasteiger partial charge on any atom is -0.324 e. The van der Waals surface area contributed by atoms with Crippen molar-refractivity contribution in [2.24, 2.45) is 0 Å². The van der Waals surface area contributed by atoms with Gasteiger partial charge in [-0.2, -0.15) is 0 Å². The van der Waals surface area contributed by atoms with Gasteiger partial charge < -0.3 is 10.3 Å². The van der Waals surface area contributed by atoms with Crippen molar-refractivity contribution >= 4 is 23.4 Å². The van der Waals surface area contributed by atoms with Crippen molar-refractivity contribution in [3.05, 3.63) is 52.1 Å². The molecule has 0 aliphatic carbocycles. The molecule has 5 nitrogen and oxygen atoms in total. The second kappa shape index (κ2) is 6.38. The Labute approximate surface area is 120 Å². The van der Waals surface area contributed by atoms with Crippen LogP contribution in [0.3, 0.4) is 0 Å². The predicted octanol–water partition coefficient (Wildman–Crippen LogP) is 2.12. The molecule has 2 rings (SSSR count). The third-order valence-electron chi connectivity index (χ3n) is 2.68. The Balaban J connectivity index is 2.00. The van der Waals surface area contributed by atoms with E-state index in [1.807, 2.05) is 18.2 Å². The molecule has 0 spiro atoms. The van der Waals surface area contributed by atoms with Crippen LogP contribution in [0, 0.1) is 13.8 Å². The van der Waals surface area contributed by atoms with Gasteiger partial charge in [0.25, 0.3) is 0 Å². The average molecular weight is 289 g/mol. The minimum atomic E-state index is -0.166. The van der Waals surface area contributed by atoms with E-state index in [9.17, 15) is 9.59 Å². The zero-order valence-corrected chi connectivity index (χ0v) is 12.1. The number of H-pyrrole nitrogens is 1. The number of amides is 1. The van der Waals surface area contributed by atoms with Gasteiger partial charge in [-0.15, -0.1) is 0 Å². The Morgan fingerprint density at radius 2 is 2.20 bits per heavy atom. The molecule has 2 aromatic rings. The van der Waals surface area contributed by atoms with Crippen molar-refractivity contribution in [1.29, 1.82) is 0 Å². The van der Waals surface area contributed by atoms with Crippen molar-refractivity contribution in [3.8, 4) is 0 Å². The smallest absolute Gasteiger partial charge is 0.248 e. The van der Waals surface area contributed by atoms with E-state index in [1.54, 1.807) is 20.0 Å². The van der Waals surface area contributed by atoms with E-state index in [0.717, 1.165) is 10.6 Å². The Bertz CT molecular complexity index is 642. The molecule has 104 valence electrons. The van der Waals surface area contributed by atoms with E-state index < -0.39 is 0 Å². The van der Waals surface area contributed by atoms with Crippen LogP contribution in [0.2, 0.25) is 0 Å². The van der Waals surface area contributed by atoms with Gasteiger partial charge in [-0.25, -0.2) is 4.98 Å². The summed E-state index contributed by atoms with van der Waals surface area (Å²) in [6, 6.07) is 7.03. The molecule has 2 heterocycles. The summed E-state index contributed by atoms with van der Waals surface area (Å²) in [6.45, 7) is 3.56. The number of carbonyl (C=O) groups excluding carboxylic acids is 1. The molecule has 0 unspecified atom stereocenters. The zero-order valence-electron chi connectivity index (χ0n) is 11.3. The van der Waals surface area contributed by atoms with Crippen LogP contribution in [0.5, 0.6) is 0 Å². The number of aromatic amines is 1. The van der Waals surface area contributed by atoms with E-state index in [4.69, 9.17) is 0 Å². The van der Waals surface area contributed by atoms with Gasteiger partial charge in [0, 0.05) is 18.0 Å². The monoisotopic (exact) mass is 289 g/mol. The molecule has 0 saturated carbocycles. The van der Waals surface area contributed by atoms with Crippen molar-refractivity contribution in [2.45, 2.75) is 18.9 Å².